The quantitative estimate of drug-likeness (QED) is 0.890. The van der Waals surface area contributed by atoms with E-state index in [2.05, 4.69) is 48.3 Å². The highest BCUT2D eigenvalue weighted by molar-refractivity contribution is 5.50. The molecule has 0 saturated carbocycles. The first-order valence-electron chi connectivity index (χ1n) is 6.93. The van der Waals surface area contributed by atoms with Gasteiger partial charge in [0, 0.05) is 24.3 Å². The summed E-state index contributed by atoms with van der Waals surface area (Å²) in [6, 6.07) is 9.59. The minimum absolute atomic E-state index is 0.543. The van der Waals surface area contributed by atoms with Crippen LogP contribution in [0.3, 0.4) is 0 Å². The van der Waals surface area contributed by atoms with Crippen molar-refractivity contribution in [3.05, 3.63) is 24.3 Å². The number of ether oxygens (including phenoxy) is 1. The zero-order chi connectivity index (χ0) is 13.0. The average molecular weight is 248 g/mol. The fourth-order valence-corrected chi connectivity index (χ4v) is 2.49. The van der Waals surface area contributed by atoms with Crippen molar-refractivity contribution in [2.75, 3.05) is 24.6 Å². The number of nitrogens with one attached hydrogen (secondary N) is 1. The lowest BCUT2D eigenvalue weighted by atomic mass is 10.1. The van der Waals surface area contributed by atoms with Crippen molar-refractivity contribution in [2.24, 2.45) is 0 Å². The maximum atomic E-state index is 5.49. The Balaban J connectivity index is 2.12. The van der Waals surface area contributed by atoms with Crippen molar-refractivity contribution < 1.29 is 4.74 Å². The number of rotatable bonds is 3. The van der Waals surface area contributed by atoms with E-state index in [1.807, 2.05) is 6.92 Å². The van der Waals surface area contributed by atoms with Crippen molar-refractivity contribution in [2.45, 2.75) is 39.3 Å². The Morgan fingerprint density at radius 2 is 2.00 bits per heavy atom. The molecule has 1 aliphatic rings. The molecule has 3 heteroatoms. The first-order valence-corrected chi connectivity index (χ1v) is 6.93. The summed E-state index contributed by atoms with van der Waals surface area (Å²) in [7, 11) is 0. The van der Waals surface area contributed by atoms with Crippen LogP contribution in [0.15, 0.2) is 24.3 Å². The summed E-state index contributed by atoms with van der Waals surface area (Å²) in [5, 5.41) is 3.54. The van der Waals surface area contributed by atoms with E-state index < -0.39 is 0 Å². The molecule has 18 heavy (non-hydrogen) atoms. The van der Waals surface area contributed by atoms with Crippen LogP contribution < -0.4 is 15.0 Å². The molecule has 1 N–H and O–H groups in total. The Labute approximate surface area is 110 Å². The molecule has 1 fully saturated rings. The van der Waals surface area contributed by atoms with Crippen molar-refractivity contribution >= 4 is 5.69 Å². The summed E-state index contributed by atoms with van der Waals surface area (Å²) >= 11 is 0. The fraction of sp³-hybridized carbons (Fsp3) is 0.600. The Kier molecular flexibility index (Phi) is 4.48. The van der Waals surface area contributed by atoms with Crippen LogP contribution in [0.2, 0.25) is 0 Å². The van der Waals surface area contributed by atoms with E-state index in [1.165, 1.54) is 12.1 Å². The number of hydrogen-bond acceptors (Lipinski definition) is 3. The zero-order valence-electron chi connectivity index (χ0n) is 11.6. The van der Waals surface area contributed by atoms with E-state index in [0.717, 1.165) is 25.4 Å². The van der Waals surface area contributed by atoms with Gasteiger partial charge in [0.15, 0.2) is 0 Å². The van der Waals surface area contributed by atoms with Crippen LogP contribution in [0.25, 0.3) is 0 Å². The lowest BCUT2D eigenvalue weighted by molar-refractivity contribution is 0.340. The van der Waals surface area contributed by atoms with E-state index in [9.17, 15) is 0 Å². The van der Waals surface area contributed by atoms with Gasteiger partial charge in [0.1, 0.15) is 5.75 Å². The molecule has 2 unspecified atom stereocenters. The standard InChI is InChI=1S/C15H24N2O/c1-4-18-15-7-5-14(6-8-15)17-11-12(2)16-10-9-13(17)3/h5-8,12-13,16H,4,9-11H2,1-3H3. The third-order valence-electron chi connectivity index (χ3n) is 3.54. The van der Waals surface area contributed by atoms with Crippen LogP contribution in [0.1, 0.15) is 27.2 Å². The van der Waals surface area contributed by atoms with Crippen LogP contribution in [0.4, 0.5) is 5.69 Å². The van der Waals surface area contributed by atoms with Gasteiger partial charge in [-0.3, -0.25) is 0 Å². The molecule has 0 aliphatic carbocycles. The number of anilines is 1. The van der Waals surface area contributed by atoms with E-state index in [4.69, 9.17) is 4.74 Å². The second kappa shape index (κ2) is 6.10. The summed E-state index contributed by atoms with van der Waals surface area (Å²) in [6.07, 6.45) is 1.19. The SMILES string of the molecule is CCOc1ccc(N2CC(C)NCCC2C)cc1. The minimum Gasteiger partial charge on any atom is -0.494 e. The lowest BCUT2D eigenvalue weighted by Crippen LogP contribution is -2.38. The van der Waals surface area contributed by atoms with Gasteiger partial charge in [0.05, 0.1) is 6.61 Å². The van der Waals surface area contributed by atoms with E-state index >= 15 is 0 Å². The molecule has 100 valence electrons. The van der Waals surface area contributed by atoms with E-state index in [1.54, 1.807) is 0 Å². The average Bonchev–Trinajstić information content (AvgIpc) is 2.53. The van der Waals surface area contributed by atoms with Gasteiger partial charge in [0.25, 0.3) is 0 Å². The van der Waals surface area contributed by atoms with Crippen LogP contribution in [0, 0.1) is 0 Å². The molecule has 1 saturated heterocycles. The van der Waals surface area contributed by atoms with Gasteiger partial charge >= 0.3 is 0 Å². The van der Waals surface area contributed by atoms with Crippen molar-refractivity contribution in [3.63, 3.8) is 0 Å². The highest BCUT2D eigenvalue weighted by Gasteiger charge is 2.20. The van der Waals surface area contributed by atoms with Crippen LogP contribution in [0.5, 0.6) is 5.75 Å². The van der Waals surface area contributed by atoms with E-state index in [0.29, 0.717) is 12.1 Å². The maximum Gasteiger partial charge on any atom is 0.119 e. The Bertz CT molecular complexity index is 363. The molecule has 0 aromatic heterocycles. The molecule has 0 radical (unpaired) electrons. The van der Waals surface area contributed by atoms with E-state index in [-0.39, 0.29) is 0 Å². The van der Waals surface area contributed by atoms with Crippen LogP contribution >= 0.6 is 0 Å². The molecular weight excluding hydrogens is 224 g/mol. The van der Waals surface area contributed by atoms with Crippen LogP contribution in [-0.2, 0) is 0 Å². The first kappa shape index (κ1) is 13.2. The van der Waals surface area contributed by atoms with Gasteiger partial charge in [-0.25, -0.2) is 0 Å². The molecule has 1 aliphatic heterocycles. The molecule has 0 bridgehead atoms. The van der Waals surface area contributed by atoms with Crippen molar-refractivity contribution in [3.8, 4) is 5.75 Å². The normalized spacial score (nSPS) is 24.7. The van der Waals surface area contributed by atoms with Gasteiger partial charge in [-0.15, -0.1) is 0 Å². The largest absolute Gasteiger partial charge is 0.494 e. The zero-order valence-corrected chi connectivity index (χ0v) is 11.6. The summed E-state index contributed by atoms with van der Waals surface area (Å²) in [5.74, 6) is 0.954. The predicted octanol–water partition coefficient (Wildman–Crippen LogP) is 2.66. The molecule has 2 rings (SSSR count). The number of benzene rings is 1. The molecule has 0 amide bonds. The third-order valence-corrected chi connectivity index (χ3v) is 3.54. The van der Waals surface area contributed by atoms with Crippen molar-refractivity contribution in [1.29, 1.82) is 0 Å². The fourth-order valence-electron chi connectivity index (χ4n) is 2.49. The Morgan fingerprint density at radius 3 is 2.67 bits per heavy atom. The number of nitrogens with zero attached hydrogens (tertiary/aromatic N) is 1. The molecule has 1 heterocycles. The second-order valence-electron chi connectivity index (χ2n) is 5.07. The monoisotopic (exact) mass is 248 g/mol. The second-order valence-corrected chi connectivity index (χ2v) is 5.07. The highest BCUT2D eigenvalue weighted by atomic mass is 16.5. The summed E-state index contributed by atoms with van der Waals surface area (Å²) < 4.78 is 5.49. The van der Waals surface area contributed by atoms with Gasteiger partial charge in [-0.2, -0.15) is 0 Å². The topological polar surface area (TPSA) is 24.5 Å². The highest BCUT2D eigenvalue weighted by Crippen LogP contribution is 2.23. The molecular formula is C15H24N2O. The first-order chi connectivity index (χ1) is 8.70. The number of hydrogen-bond donors (Lipinski definition) is 1. The van der Waals surface area contributed by atoms with Crippen molar-refractivity contribution in [1.82, 2.24) is 5.32 Å². The summed E-state index contributed by atoms with van der Waals surface area (Å²) in [6.45, 7) is 9.46. The third kappa shape index (κ3) is 3.16. The molecule has 3 nitrogen and oxygen atoms in total. The van der Waals surface area contributed by atoms with Gasteiger partial charge < -0.3 is 15.0 Å². The lowest BCUT2D eigenvalue weighted by Gasteiger charge is -2.30. The summed E-state index contributed by atoms with van der Waals surface area (Å²) in [4.78, 5) is 2.49. The minimum atomic E-state index is 0.543. The molecule has 0 spiro atoms. The summed E-state index contributed by atoms with van der Waals surface area (Å²) in [5.41, 5.74) is 1.29. The molecule has 2 atom stereocenters. The van der Waals surface area contributed by atoms with Crippen LogP contribution in [-0.4, -0.2) is 31.8 Å². The Hall–Kier alpha value is -1.22. The van der Waals surface area contributed by atoms with Gasteiger partial charge in [0.2, 0.25) is 0 Å². The Morgan fingerprint density at radius 1 is 1.28 bits per heavy atom. The van der Waals surface area contributed by atoms with Gasteiger partial charge in [-0.05, 0) is 58.0 Å². The predicted molar refractivity (Wildman–Crippen MR) is 76.5 cm³/mol. The smallest absolute Gasteiger partial charge is 0.119 e. The molecule has 1 aromatic rings. The molecule has 1 aromatic carbocycles. The maximum absolute atomic E-state index is 5.49. The van der Waals surface area contributed by atoms with Gasteiger partial charge in [-0.1, -0.05) is 0 Å².